The van der Waals surface area contributed by atoms with Crippen LogP contribution in [0.5, 0.6) is 0 Å². The third kappa shape index (κ3) is 4.02. The summed E-state index contributed by atoms with van der Waals surface area (Å²) < 4.78 is 0. The second-order valence-corrected chi connectivity index (χ2v) is 5.90. The molecule has 1 fully saturated rings. The van der Waals surface area contributed by atoms with Gasteiger partial charge in [0.25, 0.3) is 0 Å². The number of thioether (sulfide) groups is 1. The van der Waals surface area contributed by atoms with Gasteiger partial charge in [0.2, 0.25) is 0 Å². The highest BCUT2D eigenvalue weighted by Crippen LogP contribution is 2.19. The molecular formula is C14H22N2S. The highest BCUT2D eigenvalue weighted by molar-refractivity contribution is 7.99. The van der Waals surface area contributed by atoms with Crippen molar-refractivity contribution in [1.82, 2.24) is 10.2 Å². The zero-order valence-corrected chi connectivity index (χ0v) is 11.6. The van der Waals surface area contributed by atoms with Crippen LogP contribution in [0.2, 0.25) is 0 Å². The van der Waals surface area contributed by atoms with Crippen molar-refractivity contribution in [3.05, 3.63) is 29.8 Å². The lowest BCUT2D eigenvalue weighted by atomic mass is 10.2. The fourth-order valence-corrected chi connectivity index (χ4v) is 3.11. The fraction of sp³-hybridized carbons (Fsp3) is 0.571. The average molecular weight is 250 g/mol. The number of hydrogen-bond donors (Lipinski definition) is 1. The van der Waals surface area contributed by atoms with Crippen molar-refractivity contribution in [2.24, 2.45) is 0 Å². The molecule has 1 aliphatic heterocycles. The van der Waals surface area contributed by atoms with E-state index >= 15 is 0 Å². The van der Waals surface area contributed by atoms with Gasteiger partial charge in [0.05, 0.1) is 0 Å². The van der Waals surface area contributed by atoms with Crippen LogP contribution in [0.4, 0.5) is 0 Å². The van der Waals surface area contributed by atoms with E-state index in [0.717, 1.165) is 0 Å². The Morgan fingerprint density at radius 1 is 1.35 bits per heavy atom. The molecule has 1 saturated heterocycles. The number of benzene rings is 1. The molecule has 17 heavy (non-hydrogen) atoms. The van der Waals surface area contributed by atoms with Gasteiger partial charge in [-0.3, -0.25) is 0 Å². The zero-order chi connectivity index (χ0) is 12.1. The second kappa shape index (κ2) is 6.43. The van der Waals surface area contributed by atoms with E-state index < -0.39 is 0 Å². The number of likely N-dealkylation sites (tertiary alicyclic amines) is 1. The monoisotopic (exact) mass is 250 g/mol. The summed E-state index contributed by atoms with van der Waals surface area (Å²) in [6.07, 6.45) is 1.30. The Balaban J connectivity index is 1.68. The molecule has 3 heteroatoms. The Hall–Kier alpha value is -0.510. The van der Waals surface area contributed by atoms with Gasteiger partial charge in [0.1, 0.15) is 0 Å². The topological polar surface area (TPSA) is 15.3 Å². The molecule has 1 aromatic carbocycles. The number of nitrogens with one attached hydrogen (secondary N) is 1. The summed E-state index contributed by atoms with van der Waals surface area (Å²) in [6.45, 7) is 5.80. The number of rotatable bonds is 5. The minimum atomic E-state index is 0.708. The maximum absolute atomic E-state index is 3.36. The van der Waals surface area contributed by atoms with E-state index in [4.69, 9.17) is 0 Å². The maximum atomic E-state index is 3.36. The number of aryl methyl sites for hydroxylation is 1. The predicted molar refractivity (Wildman–Crippen MR) is 75.8 cm³/mol. The van der Waals surface area contributed by atoms with Crippen molar-refractivity contribution < 1.29 is 0 Å². The summed E-state index contributed by atoms with van der Waals surface area (Å²) in [4.78, 5) is 3.95. The fourth-order valence-electron chi connectivity index (χ4n) is 2.20. The normalized spacial score (nSPS) is 20.9. The van der Waals surface area contributed by atoms with Crippen LogP contribution in [0.1, 0.15) is 12.0 Å². The molecule has 0 bridgehead atoms. The molecular weight excluding hydrogens is 228 g/mol. The smallest absolute Gasteiger partial charge is 0.0204 e. The van der Waals surface area contributed by atoms with Crippen LogP contribution in [-0.2, 0) is 0 Å². The highest BCUT2D eigenvalue weighted by Gasteiger charge is 2.19. The van der Waals surface area contributed by atoms with Gasteiger partial charge in [-0.05, 0) is 39.1 Å². The highest BCUT2D eigenvalue weighted by atomic mass is 32.2. The lowest BCUT2D eigenvalue weighted by molar-refractivity contribution is 0.351. The Bertz CT molecular complexity index is 337. The summed E-state index contributed by atoms with van der Waals surface area (Å²) >= 11 is 1.96. The van der Waals surface area contributed by atoms with E-state index in [1.165, 1.54) is 42.3 Å². The van der Waals surface area contributed by atoms with Crippen LogP contribution in [0.25, 0.3) is 0 Å². The van der Waals surface area contributed by atoms with E-state index in [2.05, 4.69) is 48.5 Å². The van der Waals surface area contributed by atoms with Crippen molar-refractivity contribution in [2.75, 3.05) is 32.4 Å². The van der Waals surface area contributed by atoms with Crippen LogP contribution in [0, 0.1) is 6.92 Å². The molecule has 1 aliphatic rings. The second-order valence-electron chi connectivity index (χ2n) is 4.74. The van der Waals surface area contributed by atoms with Gasteiger partial charge in [0, 0.05) is 29.8 Å². The quantitative estimate of drug-likeness (QED) is 0.808. The first-order chi connectivity index (χ1) is 8.28. The summed E-state index contributed by atoms with van der Waals surface area (Å²) in [5.74, 6) is 1.19. The van der Waals surface area contributed by atoms with E-state index in [1.807, 2.05) is 11.8 Å². The van der Waals surface area contributed by atoms with Crippen molar-refractivity contribution in [1.29, 1.82) is 0 Å². The van der Waals surface area contributed by atoms with Crippen molar-refractivity contribution in [3.8, 4) is 0 Å². The molecule has 94 valence electrons. The minimum absolute atomic E-state index is 0.708. The number of hydrogen-bond acceptors (Lipinski definition) is 3. The summed E-state index contributed by atoms with van der Waals surface area (Å²) in [5, 5.41) is 3.36. The van der Waals surface area contributed by atoms with Gasteiger partial charge in [-0.15, -0.1) is 11.8 Å². The molecule has 1 N–H and O–H groups in total. The number of nitrogens with zero attached hydrogens (tertiary/aromatic N) is 1. The van der Waals surface area contributed by atoms with Gasteiger partial charge in [-0.2, -0.15) is 0 Å². The van der Waals surface area contributed by atoms with E-state index in [1.54, 1.807) is 0 Å². The molecule has 0 amide bonds. The van der Waals surface area contributed by atoms with Gasteiger partial charge >= 0.3 is 0 Å². The standard InChI is InChI=1S/C14H22N2S/c1-12-3-5-14(6-4-12)17-10-9-16-8-7-13(11-16)15-2/h3-6,13,15H,7-11H2,1-2H3. The summed E-state index contributed by atoms with van der Waals surface area (Å²) in [6, 6.07) is 9.53. The Labute approximate surface area is 109 Å². The average Bonchev–Trinajstić information content (AvgIpc) is 2.80. The van der Waals surface area contributed by atoms with Crippen molar-refractivity contribution >= 4 is 11.8 Å². The molecule has 0 aliphatic carbocycles. The molecule has 0 spiro atoms. The number of likely N-dealkylation sites (N-methyl/N-ethyl adjacent to an activating group) is 1. The van der Waals surface area contributed by atoms with Crippen LogP contribution in [-0.4, -0.2) is 43.4 Å². The minimum Gasteiger partial charge on any atom is -0.316 e. The molecule has 2 nitrogen and oxygen atoms in total. The molecule has 1 aromatic rings. The van der Waals surface area contributed by atoms with E-state index in [0.29, 0.717) is 6.04 Å². The Morgan fingerprint density at radius 3 is 2.76 bits per heavy atom. The summed E-state index contributed by atoms with van der Waals surface area (Å²) in [5.41, 5.74) is 1.34. The molecule has 1 unspecified atom stereocenters. The first-order valence-electron chi connectivity index (χ1n) is 6.37. The molecule has 2 rings (SSSR count). The summed E-state index contributed by atoms with van der Waals surface area (Å²) in [7, 11) is 2.06. The third-order valence-electron chi connectivity index (χ3n) is 3.38. The van der Waals surface area contributed by atoms with Crippen LogP contribution >= 0.6 is 11.8 Å². The molecule has 0 radical (unpaired) electrons. The molecule has 1 heterocycles. The predicted octanol–water partition coefficient (Wildman–Crippen LogP) is 2.38. The molecule has 0 saturated carbocycles. The van der Waals surface area contributed by atoms with E-state index in [9.17, 15) is 0 Å². The van der Waals surface area contributed by atoms with Crippen LogP contribution < -0.4 is 5.32 Å². The lowest BCUT2D eigenvalue weighted by Gasteiger charge is -2.15. The van der Waals surface area contributed by atoms with Gasteiger partial charge < -0.3 is 10.2 Å². The van der Waals surface area contributed by atoms with Crippen molar-refractivity contribution in [3.63, 3.8) is 0 Å². The first kappa shape index (κ1) is 12.9. The third-order valence-corrected chi connectivity index (χ3v) is 4.37. The zero-order valence-electron chi connectivity index (χ0n) is 10.8. The SMILES string of the molecule is CNC1CCN(CCSc2ccc(C)cc2)C1. The van der Waals surface area contributed by atoms with E-state index in [-0.39, 0.29) is 0 Å². The molecule has 1 atom stereocenters. The first-order valence-corrected chi connectivity index (χ1v) is 7.35. The van der Waals surface area contributed by atoms with Gasteiger partial charge in [-0.25, -0.2) is 0 Å². The molecule has 0 aromatic heterocycles. The Morgan fingerprint density at radius 2 is 2.12 bits per heavy atom. The largest absolute Gasteiger partial charge is 0.316 e. The Kier molecular flexibility index (Phi) is 4.89. The van der Waals surface area contributed by atoms with Crippen LogP contribution in [0.15, 0.2) is 29.2 Å². The van der Waals surface area contributed by atoms with Crippen molar-refractivity contribution in [2.45, 2.75) is 24.3 Å². The maximum Gasteiger partial charge on any atom is 0.0204 e. The lowest BCUT2D eigenvalue weighted by Crippen LogP contribution is -2.30. The van der Waals surface area contributed by atoms with Gasteiger partial charge in [0.15, 0.2) is 0 Å². The van der Waals surface area contributed by atoms with Gasteiger partial charge in [-0.1, -0.05) is 17.7 Å². The van der Waals surface area contributed by atoms with Crippen LogP contribution in [0.3, 0.4) is 0 Å².